The molecule has 1 unspecified atom stereocenters. The normalized spacial score (nSPS) is 18.1. The summed E-state index contributed by atoms with van der Waals surface area (Å²) in [7, 11) is 3.00. The summed E-state index contributed by atoms with van der Waals surface area (Å²) in [5, 5.41) is 11.5. The second-order valence-electron chi connectivity index (χ2n) is 6.95. The van der Waals surface area contributed by atoms with Crippen molar-refractivity contribution in [1.29, 1.82) is 0 Å². The topological polar surface area (TPSA) is 89.0 Å². The molecule has 1 atom stereocenters. The van der Waals surface area contributed by atoms with Gasteiger partial charge in [-0.3, -0.25) is 14.6 Å². The molecule has 1 aliphatic heterocycles. The van der Waals surface area contributed by atoms with Crippen molar-refractivity contribution in [3.8, 4) is 5.75 Å². The summed E-state index contributed by atoms with van der Waals surface area (Å²) in [6.07, 6.45) is 3.72. The number of aliphatic hydroxyl groups excluding tert-OH is 1. The summed E-state index contributed by atoms with van der Waals surface area (Å²) in [4.78, 5) is 31.4. The van der Waals surface area contributed by atoms with Crippen molar-refractivity contribution in [3.63, 3.8) is 0 Å². The van der Waals surface area contributed by atoms with E-state index in [-0.39, 0.29) is 22.6 Å². The number of hydrogen-bond acceptors (Lipinski definition) is 6. The Morgan fingerprint density at radius 2 is 2.07 bits per heavy atom. The minimum atomic E-state index is -0.778. The standard InChI is InChI=1S/C22H23ClN2O5/c1-13-10-15(21(30-3)16(23)11-13)19(26)17-18(14-6-4-7-24-12-14)25(8-5-9-29-2)22(28)20(17)27/h4,6-7,10-12,18,26H,5,8-9H2,1-3H3/b19-17+. The maximum Gasteiger partial charge on any atom is 0.295 e. The van der Waals surface area contributed by atoms with Crippen LogP contribution in [0.2, 0.25) is 5.02 Å². The lowest BCUT2D eigenvalue weighted by atomic mass is 9.95. The van der Waals surface area contributed by atoms with E-state index < -0.39 is 17.7 Å². The van der Waals surface area contributed by atoms with E-state index in [0.717, 1.165) is 5.56 Å². The van der Waals surface area contributed by atoms with E-state index in [1.54, 1.807) is 43.8 Å². The maximum atomic E-state index is 13.0. The van der Waals surface area contributed by atoms with Gasteiger partial charge < -0.3 is 19.5 Å². The van der Waals surface area contributed by atoms with Gasteiger partial charge >= 0.3 is 0 Å². The number of methoxy groups -OCH3 is 2. The Bertz CT molecular complexity index is 991. The zero-order valence-electron chi connectivity index (χ0n) is 17.0. The predicted octanol–water partition coefficient (Wildman–Crippen LogP) is 3.51. The van der Waals surface area contributed by atoms with Gasteiger partial charge in [-0.2, -0.15) is 0 Å². The molecule has 0 saturated carbocycles. The Kier molecular flexibility index (Phi) is 6.74. The number of aromatic nitrogens is 1. The molecule has 1 aliphatic rings. The largest absolute Gasteiger partial charge is 0.507 e. The Morgan fingerprint density at radius 1 is 1.30 bits per heavy atom. The van der Waals surface area contributed by atoms with Crippen LogP contribution in [0.25, 0.3) is 5.76 Å². The summed E-state index contributed by atoms with van der Waals surface area (Å²) < 4.78 is 10.4. The van der Waals surface area contributed by atoms with E-state index in [2.05, 4.69) is 4.98 Å². The Labute approximate surface area is 179 Å². The van der Waals surface area contributed by atoms with Crippen LogP contribution in [0.15, 0.2) is 42.2 Å². The number of nitrogens with zero attached hydrogens (tertiary/aromatic N) is 2. The average molecular weight is 431 g/mol. The first-order chi connectivity index (χ1) is 14.4. The van der Waals surface area contributed by atoms with Crippen LogP contribution >= 0.6 is 11.6 Å². The van der Waals surface area contributed by atoms with Crippen LogP contribution in [0.1, 0.15) is 29.2 Å². The van der Waals surface area contributed by atoms with Gasteiger partial charge in [0.25, 0.3) is 11.7 Å². The minimum Gasteiger partial charge on any atom is -0.507 e. The predicted molar refractivity (Wildman–Crippen MR) is 112 cm³/mol. The van der Waals surface area contributed by atoms with Crippen LogP contribution in [0.4, 0.5) is 0 Å². The van der Waals surface area contributed by atoms with Crippen LogP contribution in [-0.4, -0.2) is 54.1 Å². The molecule has 158 valence electrons. The molecule has 1 saturated heterocycles. The number of ether oxygens (including phenoxy) is 2. The number of ketones is 1. The van der Waals surface area contributed by atoms with E-state index in [0.29, 0.717) is 30.2 Å². The second-order valence-corrected chi connectivity index (χ2v) is 7.36. The number of carbonyl (C=O) groups is 2. The van der Waals surface area contributed by atoms with E-state index in [4.69, 9.17) is 21.1 Å². The number of benzene rings is 1. The van der Waals surface area contributed by atoms with E-state index in [9.17, 15) is 14.7 Å². The fraction of sp³-hybridized carbons (Fsp3) is 0.318. The van der Waals surface area contributed by atoms with Gasteiger partial charge in [-0.05, 0) is 42.7 Å². The summed E-state index contributed by atoms with van der Waals surface area (Å²) in [6.45, 7) is 2.54. The van der Waals surface area contributed by atoms with Gasteiger partial charge in [-0.25, -0.2) is 0 Å². The third-order valence-corrected chi connectivity index (χ3v) is 5.22. The number of rotatable bonds is 7. The van der Waals surface area contributed by atoms with E-state index >= 15 is 0 Å². The van der Waals surface area contributed by atoms with Crippen molar-refractivity contribution in [1.82, 2.24) is 9.88 Å². The van der Waals surface area contributed by atoms with E-state index in [1.807, 2.05) is 6.92 Å². The number of carbonyl (C=O) groups excluding carboxylic acids is 2. The van der Waals surface area contributed by atoms with Crippen LogP contribution in [0.5, 0.6) is 5.75 Å². The summed E-state index contributed by atoms with van der Waals surface area (Å²) in [5.74, 6) is -1.55. The summed E-state index contributed by atoms with van der Waals surface area (Å²) >= 11 is 6.27. The number of pyridine rings is 1. The molecule has 2 heterocycles. The lowest BCUT2D eigenvalue weighted by molar-refractivity contribution is -0.140. The molecular weight excluding hydrogens is 408 g/mol. The number of likely N-dealkylation sites (tertiary alicyclic amines) is 1. The quantitative estimate of drug-likeness (QED) is 0.313. The molecule has 1 aromatic heterocycles. The fourth-order valence-corrected chi connectivity index (χ4v) is 3.98. The lowest BCUT2D eigenvalue weighted by Gasteiger charge is -2.25. The van der Waals surface area contributed by atoms with Gasteiger partial charge in [0.2, 0.25) is 0 Å². The molecule has 1 fully saturated rings. The monoisotopic (exact) mass is 430 g/mol. The molecule has 0 bridgehead atoms. The highest BCUT2D eigenvalue weighted by atomic mass is 35.5. The van der Waals surface area contributed by atoms with Crippen LogP contribution in [-0.2, 0) is 14.3 Å². The number of Topliss-reactive ketones (excluding diaryl/α,β-unsaturated/α-hetero) is 1. The van der Waals surface area contributed by atoms with Crippen molar-refractivity contribution in [3.05, 3.63) is 63.9 Å². The molecule has 1 N–H and O–H groups in total. The molecule has 8 heteroatoms. The number of aliphatic hydroxyl groups is 1. The molecule has 30 heavy (non-hydrogen) atoms. The van der Waals surface area contributed by atoms with Crippen LogP contribution in [0.3, 0.4) is 0 Å². The Hall–Kier alpha value is -2.90. The number of halogens is 1. The van der Waals surface area contributed by atoms with Gasteiger partial charge in [0, 0.05) is 32.7 Å². The van der Waals surface area contributed by atoms with Gasteiger partial charge in [0.1, 0.15) is 11.5 Å². The van der Waals surface area contributed by atoms with Gasteiger partial charge in [-0.1, -0.05) is 17.7 Å². The molecule has 7 nitrogen and oxygen atoms in total. The van der Waals surface area contributed by atoms with Gasteiger partial charge in [-0.15, -0.1) is 0 Å². The first kappa shape index (κ1) is 21.8. The zero-order valence-corrected chi connectivity index (χ0v) is 17.8. The first-order valence-corrected chi connectivity index (χ1v) is 9.80. The molecule has 0 aliphatic carbocycles. The number of aryl methyl sites for hydroxylation is 1. The maximum absolute atomic E-state index is 13.0. The first-order valence-electron chi connectivity index (χ1n) is 9.42. The van der Waals surface area contributed by atoms with Crippen molar-refractivity contribution >= 4 is 29.1 Å². The highest BCUT2D eigenvalue weighted by Gasteiger charge is 2.46. The van der Waals surface area contributed by atoms with Crippen molar-refractivity contribution < 1.29 is 24.2 Å². The summed E-state index contributed by atoms with van der Waals surface area (Å²) in [5.41, 5.74) is 1.62. The van der Waals surface area contributed by atoms with Crippen molar-refractivity contribution in [2.45, 2.75) is 19.4 Å². The zero-order chi connectivity index (χ0) is 21.8. The fourth-order valence-electron chi connectivity index (χ4n) is 3.63. The second kappa shape index (κ2) is 9.28. The molecule has 3 rings (SSSR count). The highest BCUT2D eigenvalue weighted by Crippen LogP contribution is 2.42. The molecule has 1 aromatic carbocycles. The van der Waals surface area contributed by atoms with Crippen LogP contribution in [0, 0.1) is 6.92 Å². The van der Waals surface area contributed by atoms with Crippen molar-refractivity contribution in [2.75, 3.05) is 27.4 Å². The molecule has 0 spiro atoms. The molecule has 2 aromatic rings. The Morgan fingerprint density at radius 3 is 2.70 bits per heavy atom. The SMILES string of the molecule is COCCCN1C(=O)C(=O)/C(=C(/O)c2cc(C)cc(Cl)c2OC)C1c1cccnc1. The number of hydrogen-bond donors (Lipinski definition) is 1. The molecule has 1 amide bonds. The minimum absolute atomic E-state index is 0.0228. The Balaban J connectivity index is 2.20. The van der Waals surface area contributed by atoms with E-state index in [1.165, 1.54) is 12.0 Å². The van der Waals surface area contributed by atoms with Gasteiger partial charge in [0.15, 0.2) is 0 Å². The molecular formula is C22H23ClN2O5. The summed E-state index contributed by atoms with van der Waals surface area (Å²) in [6, 6.07) is 6.06. The smallest absolute Gasteiger partial charge is 0.295 e. The number of amides is 1. The van der Waals surface area contributed by atoms with Crippen molar-refractivity contribution in [2.24, 2.45) is 0 Å². The van der Waals surface area contributed by atoms with Gasteiger partial charge in [0.05, 0.1) is 29.3 Å². The average Bonchev–Trinajstić information content (AvgIpc) is 2.98. The highest BCUT2D eigenvalue weighted by molar-refractivity contribution is 6.46. The van der Waals surface area contributed by atoms with Crippen LogP contribution < -0.4 is 4.74 Å². The molecule has 0 radical (unpaired) electrons. The third kappa shape index (κ3) is 4.04. The third-order valence-electron chi connectivity index (χ3n) is 4.93. The lowest BCUT2D eigenvalue weighted by Crippen LogP contribution is -2.31.